The van der Waals surface area contributed by atoms with Crippen LogP contribution in [0.1, 0.15) is 30.0 Å². The lowest BCUT2D eigenvalue weighted by atomic mass is 9.82. The maximum atomic E-state index is 12.9. The van der Waals surface area contributed by atoms with Crippen molar-refractivity contribution in [1.82, 2.24) is 9.97 Å². The lowest BCUT2D eigenvalue weighted by Gasteiger charge is -2.33. The number of alkyl halides is 6. The lowest BCUT2D eigenvalue weighted by Crippen LogP contribution is -2.35. The quantitative estimate of drug-likeness (QED) is 0.465. The molecule has 0 amide bonds. The minimum atomic E-state index is -4.80. The SMILES string of the molecule is O=S(=O)(c1cccc(C(F)(F)F)c1)[C@H]1C[C@H](c2c[nH]c(-c3ccc(OC(F)(F)F)cc3)n2)C1. The summed E-state index contributed by atoms with van der Waals surface area (Å²) < 4.78 is 105. The number of imidazole rings is 1. The topological polar surface area (TPSA) is 72.0 Å². The highest BCUT2D eigenvalue weighted by molar-refractivity contribution is 7.92. The third kappa shape index (κ3) is 5.00. The highest BCUT2D eigenvalue weighted by Crippen LogP contribution is 2.43. The van der Waals surface area contributed by atoms with E-state index in [2.05, 4.69) is 14.7 Å². The molecule has 1 heterocycles. The van der Waals surface area contributed by atoms with Crippen LogP contribution >= 0.6 is 0 Å². The molecule has 0 spiro atoms. The maximum Gasteiger partial charge on any atom is 0.573 e. The summed E-state index contributed by atoms with van der Waals surface area (Å²) in [6.45, 7) is 0. The Morgan fingerprint density at radius 2 is 1.64 bits per heavy atom. The first-order valence-electron chi connectivity index (χ1n) is 9.65. The monoisotopic (exact) mass is 490 g/mol. The Hall–Kier alpha value is -3.02. The third-order valence-electron chi connectivity index (χ3n) is 5.40. The maximum absolute atomic E-state index is 12.9. The van der Waals surface area contributed by atoms with Gasteiger partial charge in [0.05, 0.1) is 21.4 Å². The van der Waals surface area contributed by atoms with E-state index < -0.39 is 33.2 Å². The van der Waals surface area contributed by atoms with Crippen molar-refractivity contribution in [3.8, 4) is 17.1 Å². The van der Waals surface area contributed by atoms with Crippen molar-refractivity contribution >= 4 is 9.84 Å². The molecule has 0 atom stereocenters. The van der Waals surface area contributed by atoms with Crippen molar-refractivity contribution in [2.75, 3.05) is 0 Å². The number of benzene rings is 2. The van der Waals surface area contributed by atoms with Gasteiger partial charge in [-0.2, -0.15) is 13.2 Å². The molecule has 0 radical (unpaired) electrons. The average Bonchev–Trinajstić information content (AvgIpc) is 3.15. The van der Waals surface area contributed by atoms with Gasteiger partial charge in [0.15, 0.2) is 9.84 Å². The van der Waals surface area contributed by atoms with Gasteiger partial charge in [-0.1, -0.05) is 6.07 Å². The molecule has 12 heteroatoms. The van der Waals surface area contributed by atoms with Crippen molar-refractivity contribution < 1.29 is 39.5 Å². The minimum absolute atomic E-state index is 0.196. The number of sulfone groups is 1. The fraction of sp³-hybridized carbons (Fsp3) is 0.286. The first-order valence-corrected chi connectivity index (χ1v) is 11.2. The molecule has 1 aliphatic rings. The first-order chi connectivity index (χ1) is 15.3. The van der Waals surface area contributed by atoms with Crippen molar-refractivity contribution in [1.29, 1.82) is 0 Å². The van der Waals surface area contributed by atoms with Gasteiger partial charge in [-0.15, -0.1) is 13.2 Å². The van der Waals surface area contributed by atoms with Crippen LogP contribution in [0.25, 0.3) is 11.4 Å². The zero-order chi connectivity index (χ0) is 24.0. The normalized spacial score (nSPS) is 19.2. The fourth-order valence-electron chi connectivity index (χ4n) is 3.61. The van der Waals surface area contributed by atoms with E-state index in [9.17, 15) is 34.8 Å². The zero-order valence-electron chi connectivity index (χ0n) is 16.6. The van der Waals surface area contributed by atoms with Crippen LogP contribution in [-0.4, -0.2) is 30.0 Å². The number of nitrogens with one attached hydrogen (secondary N) is 1. The third-order valence-corrected chi connectivity index (χ3v) is 7.57. The summed E-state index contributed by atoms with van der Waals surface area (Å²) in [4.78, 5) is 6.91. The van der Waals surface area contributed by atoms with Gasteiger partial charge in [0, 0.05) is 17.7 Å². The molecule has 5 nitrogen and oxygen atoms in total. The summed E-state index contributed by atoms with van der Waals surface area (Å²) >= 11 is 0. The molecule has 1 fully saturated rings. The molecule has 0 saturated heterocycles. The van der Waals surface area contributed by atoms with Crippen molar-refractivity contribution in [3.63, 3.8) is 0 Å². The van der Waals surface area contributed by atoms with Crippen LogP contribution in [0.3, 0.4) is 0 Å². The van der Waals surface area contributed by atoms with Crippen LogP contribution in [0, 0.1) is 0 Å². The van der Waals surface area contributed by atoms with Crippen molar-refractivity contribution in [3.05, 3.63) is 66.0 Å². The molecule has 2 aromatic carbocycles. The van der Waals surface area contributed by atoms with Gasteiger partial charge in [0.1, 0.15) is 11.6 Å². The zero-order valence-corrected chi connectivity index (χ0v) is 17.4. The van der Waals surface area contributed by atoms with E-state index >= 15 is 0 Å². The Bertz CT molecular complexity index is 1240. The van der Waals surface area contributed by atoms with Gasteiger partial charge in [0.2, 0.25) is 0 Å². The van der Waals surface area contributed by atoms with Gasteiger partial charge in [-0.25, -0.2) is 13.4 Å². The molecular weight excluding hydrogens is 474 g/mol. The van der Waals surface area contributed by atoms with Gasteiger partial charge >= 0.3 is 12.5 Å². The van der Waals surface area contributed by atoms with Crippen LogP contribution < -0.4 is 4.74 Å². The van der Waals surface area contributed by atoms with Crippen LogP contribution in [0.5, 0.6) is 5.75 Å². The second kappa shape index (κ2) is 8.08. The molecule has 3 aromatic rings. The first kappa shape index (κ1) is 23.1. The van der Waals surface area contributed by atoms with Gasteiger partial charge < -0.3 is 9.72 Å². The van der Waals surface area contributed by atoms with E-state index in [4.69, 9.17) is 0 Å². The number of hydrogen-bond donors (Lipinski definition) is 1. The summed E-state index contributed by atoms with van der Waals surface area (Å²) in [5, 5.41) is -0.829. The molecule has 1 saturated carbocycles. The van der Waals surface area contributed by atoms with E-state index in [1.807, 2.05) is 0 Å². The smallest absolute Gasteiger partial charge is 0.406 e. The standard InChI is InChI=1S/C21H16F6N2O3S/c22-20(23,24)14-2-1-3-16(10-14)33(30,31)17-8-13(9-17)18-11-28-19(29-18)12-4-6-15(7-5-12)32-21(25,26)27/h1-7,10-11,13,17H,8-9H2,(H,28,29)/t13-,17-. The fourth-order valence-corrected chi connectivity index (χ4v) is 5.53. The van der Waals surface area contributed by atoms with E-state index in [0.717, 1.165) is 30.3 Å². The number of hydrogen-bond acceptors (Lipinski definition) is 4. The Balaban J connectivity index is 1.43. The summed E-state index contributed by atoms with van der Waals surface area (Å²) in [5.41, 5.74) is 0.0439. The number of aromatic amines is 1. The highest BCUT2D eigenvalue weighted by Gasteiger charge is 2.42. The van der Waals surface area contributed by atoms with Crippen molar-refractivity contribution in [2.45, 2.75) is 41.4 Å². The van der Waals surface area contributed by atoms with Crippen LogP contribution in [0.15, 0.2) is 59.6 Å². The Morgan fingerprint density at radius 1 is 0.970 bits per heavy atom. The van der Waals surface area contributed by atoms with E-state index in [1.54, 1.807) is 6.20 Å². The average molecular weight is 490 g/mol. The molecule has 176 valence electrons. The molecule has 0 bridgehead atoms. The molecule has 4 rings (SSSR count). The highest BCUT2D eigenvalue weighted by atomic mass is 32.2. The molecule has 0 aliphatic heterocycles. The van der Waals surface area contributed by atoms with Crippen LogP contribution in [-0.2, 0) is 16.0 Å². The second-order valence-electron chi connectivity index (χ2n) is 7.61. The predicted octanol–water partition coefficient (Wildman–Crippen LogP) is 5.71. The molecule has 0 unspecified atom stereocenters. The Labute approximate surface area is 184 Å². The molecule has 1 aliphatic carbocycles. The number of nitrogens with zero attached hydrogens (tertiary/aromatic N) is 1. The summed E-state index contributed by atoms with van der Waals surface area (Å²) in [5.74, 6) is -0.208. The van der Waals surface area contributed by atoms with Crippen molar-refractivity contribution in [2.24, 2.45) is 0 Å². The molecule has 33 heavy (non-hydrogen) atoms. The second-order valence-corrected chi connectivity index (χ2v) is 9.84. The molecular formula is C21H16F6N2O3S. The van der Waals surface area contributed by atoms with Gasteiger partial charge in [0.25, 0.3) is 0 Å². The number of H-pyrrole nitrogens is 1. The number of ether oxygens (including phenoxy) is 1. The Morgan fingerprint density at radius 3 is 2.24 bits per heavy atom. The molecule has 1 N–H and O–H groups in total. The lowest BCUT2D eigenvalue weighted by molar-refractivity contribution is -0.274. The number of aromatic nitrogens is 2. The van der Waals surface area contributed by atoms with Gasteiger partial charge in [-0.3, -0.25) is 0 Å². The van der Waals surface area contributed by atoms with Crippen LogP contribution in [0.4, 0.5) is 26.3 Å². The predicted molar refractivity (Wildman–Crippen MR) is 105 cm³/mol. The summed E-state index contributed by atoms with van der Waals surface area (Å²) in [6, 6.07) is 8.75. The number of rotatable bonds is 5. The minimum Gasteiger partial charge on any atom is -0.406 e. The van der Waals surface area contributed by atoms with Crippen LogP contribution in [0.2, 0.25) is 0 Å². The van der Waals surface area contributed by atoms with E-state index in [0.29, 0.717) is 23.1 Å². The Kier molecular flexibility index (Phi) is 5.67. The summed E-state index contributed by atoms with van der Waals surface area (Å²) in [7, 11) is -3.93. The largest absolute Gasteiger partial charge is 0.573 e. The van der Waals surface area contributed by atoms with E-state index in [1.165, 1.54) is 12.1 Å². The summed E-state index contributed by atoms with van der Waals surface area (Å²) in [6.07, 6.45) is -7.47. The molecule has 1 aromatic heterocycles. The van der Waals surface area contributed by atoms with E-state index in [-0.39, 0.29) is 29.4 Å². The van der Waals surface area contributed by atoms with Gasteiger partial charge in [-0.05, 0) is 55.3 Å². The number of halogens is 6.